The first-order valence-corrected chi connectivity index (χ1v) is 11.9. The molecule has 0 bridgehead atoms. The van der Waals surface area contributed by atoms with E-state index >= 15 is 0 Å². The Bertz CT molecular complexity index is 885. The molecule has 0 saturated carbocycles. The minimum Gasteiger partial charge on any atom is -0.321 e. The number of hydrazine groups is 1. The molecule has 1 spiro atoms. The summed E-state index contributed by atoms with van der Waals surface area (Å²) >= 11 is 0. The Morgan fingerprint density at radius 3 is 2.38 bits per heavy atom. The molecule has 2 aliphatic rings. The monoisotopic (exact) mass is 473 g/mol. The van der Waals surface area contributed by atoms with Crippen LogP contribution in [0, 0.1) is 17.8 Å². The maximum absolute atomic E-state index is 13.3. The number of hydrogen-bond acceptors (Lipinski definition) is 6. The van der Waals surface area contributed by atoms with E-state index in [1.165, 1.54) is 0 Å². The molecule has 0 radical (unpaired) electrons. The van der Waals surface area contributed by atoms with Crippen molar-refractivity contribution in [3.63, 3.8) is 0 Å². The number of hydroxylamine groups is 1. The molecule has 2 heterocycles. The summed E-state index contributed by atoms with van der Waals surface area (Å²) in [5.41, 5.74) is 4.27. The maximum atomic E-state index is 13.3. The number of benzene rings is 1. The molecule has 2 fully saturated rings. The summed E-state index contributed by atoms with van der Waals surface area (Å²) in [6.07, 6.45) is 2.94. The summed E-state index contributed by atoms with van der Waals surface area (Å²) in [7, 11) is 0. The van der Waals surface area contributed by atoms with Crippen LogP contribution in [0.3, 0.4) is 0 Å². The van der Waals surface area contributed by atoms with Gasteiger partial charge in [-0.25, -0.2) is 10.3 Å². The quantitative estimate of drug-likeness (QED) is 0.198. The van der Waals surface area contributed by atoms with Crippen molar-refractivity contribution in [1.82, 2.24) is 26.5 Å². The predicted octanol–water partition coefficient (Wildman–Crippen LogP) is 1.50. The van der Waals surface area contributed by atoms with Gasteiger partial charge in [-0.15, -0.1) is 0 Å². The number of carbonyl (C=O) groups excluding carboxylic acids is 4. The van der Waals surface area contributed by atoms with Crippen LogP contribution in [0.1, 0.15) is 51.5 Å². The van der Waals surface area contributed by atoms with Crippen molar-refractivity contribution in [2.75, 3.05) is 13.1 Å². The van der Waals surface area contributed by atoms with E-state index in [1.807, 2.05) is 44.2 Å². The van der Waals surface area contributed by atoms with Gasteiger partial charge in [0, 0.05) is 0 Å². The molecule has 5 amide bonds. The van der Waals surface area contributed by atoms with E-state index in [0.29, 0.717) is 45.2 Å². The molecular formula is C24H35N5O5. The molecule has 1 aromatic rings. The van der Waals surface area contributed by atoms with Gasteiger partial charge < -0.3 is 10.6 Å². The largest absolute Gasteiger partial charge is 0.344 e. The molecule has 1 aromatic carbocycles. The number of nitrogens with one attached hydrogen (secondary N) is 4. The number of piperidine rings is 1. The molecule has 34 heavy (non-hydrogen) atoms. The summed E-state index contributed by atoms with van der Waals surface area (Å²) < 4.78 is 0. The second-order valence-corrected chi connectivity index (χ2v) is 9.58. The first-order chi connectivity index (χ1) is 16.3. The van der Waals surface area contributed by atoms with Crippen LogP contribution in [0.5, 0.6) is 0 Å². The lowest BCUT2D eigenvalue weighted by molar-refractivity contribution is -0.146. The van der Waals surface area contributed by atoms with Crippen LogP contribution < -0.4 is 21.5 Å². The van der Waals surface area contributed by atoms with Crippen molar-refractivity contribution in [2.24, 2.45) is 17.8 Å². The van der Waals surface area contributed by atoms with Crippen LogP contribution in [-0.4, -0.2) is 52.6 Å². The minimum absolute atomic E-state index is 0.0673. The number of rotatable bonds is 10. The average Bonchev–Trinajstić information content (AvgIpc) is 3.04. The number of urea groups is 1. The van der Waals surface area contributed by atoms with E-state index in [0.717, 1.165) is 17.0 Å². The van der Waals surface area contributed by atoms with Crippen LogP contribution >= 0.6 is 0 Å². The van der Waals surface area contributed by atoms with Crippen LogP contribution in [0.25, 0.3) is 0 Å². The standard InChI is InChI=1S/C24H35N5O5/c1-16(2)15-19(18(21(31)28-34)10-6-9-17-7-4-3-5-8-17)20(30)27-29-22(32)24(26-23(29)33)11-13-25-14-12-24/h3-5,7-8,16,18-19,25,34H,6,9-15H2,1-2H3,(H,26,33)(H,27,30)(H,28,31)/t18-,19?/m1/s1. The zero-order valence-corrected chi connectivity index (χ0v) is 19.8. The van der Waals surface area contributed by atoms with E-state index in [2.05, 4.69) is 16.1 Å². The number of nitrogens with zero attached hydrogens (tertiary/aromatic N) is 1. The second kappa shape index (κ2) is 11.4. The van der Waals surface area contributed by atoms with Crippen molar-refractivity contribution >= 4 is 23.8 Å². The lowest BCUT2D eigenvalue weighted by Crippen LogP contribution is -2.55. The normalized spacial score (nSPS) is 19.1. The lowest BCUT2D eigenvalue weighted by atomic mass is 9.81. The molecule has 2 aliphatic heterocycles. The third-order valence-corrected chi connectivity index (χ3v) is 6.66. The Labute approximate surface area is 199 Å². The second-order valence-electron chi connectivity index (χ2n) is 9.58. The minimum atomic E-state index is -1.01. The van der Waals surface area contributed by atoms with Gasteiger partial charge >= 0.3 is 6.03 Å². The number of imide groups is 1. The highest BCUT2D eigenvalue weighted by atomic mass is 16.5. The number of carbonyl (C=O) groups is 4. The molecule has 0 aromatic heterocycles. The molecule has 186 valence electrons. The Hall–Kier alpha value is -2.98. The van der Waals surface area contributed by atoms with Gasteiger partial charge in [-0.3, -0.25) is 25.0 Å². The van der Waals surface area contributed by atoms with E-state index in [1.54, 1.807) is 5.48 Å². The third-order valence-electron chi connectivity index (χ3n) is 6.66. The van der Waals surface area contributed by atoms with Gasteiger partial charge in [-0.05, 0) is 63.1 Å². The van der Waals surface area contributed by atoms with Gasteiger partial charge in [-0.1, -0.05) is 44.2 Å². The first-order valence-electron chi connectivity index (χ1n) is 11.9. The highest BCUT2D eigenvalue weighted by Crippen LogP contribution is 2.29. The van der Waals surface area contributed by atoms with Crippen LogP contribution in [-0.2, 0) is 20.8 Å². The third kappa shape index (κ3) is 5.92. The number of amides is 5. The fourth-order valence-corrected chi connectivity index (χ4v) is 4.84. The fraction of sp³-hybridized carbons (Fsp3) is 0.583. The molecule has 0 aliphatic carbocycles. The Morgan fingerprint density at radius 2 is 1.76 bits per heavy atom. The fourth-order valence-electron chi connectivity index (χ4n) is 4.84. The zero-order valence-electron chi connectivity index (χ0n) is 19.8. The van der Waals surface area contributed by atoms with Gasteiger partial charge in [0.25, 0.3) is 5.91 Å². The van der Waals surface area contributed by atoms with Gasteiger partial charge in [0.1, 0.15) is 5.54 Å². The molecular weight excluding hydrogens is 438 g/mol. The van der Waals surface area contributed by atoms with Crippen molar-refractivity contribution < 1.29 is 24.4 Å². The van der Waals surface area contributed by atoms with Gasteiger partial charge in [-0.2, -0.15) is 5.01 Å². The maximum Gasteiger partial charge on any atom is 0.344 e. The molecule has 10 heteroatoms. The van der Waals surface area contributed by atoms with E-state index in [4.69, 9.17) is 0 Å². The summed E-state index contributed by atoms with van der Waals surface area (Å²) in [6.45, 7) is 5.03. The van der Waals surface area contributed by atoms with Crippen molar-refractivity contribution in [1.29, 1.82) is 0 Å². The first kappa shape index (κ1) is 25.6. The Kier molecular flexibility index (Phi) is 8.62. The average molecular weight is 474 g/mol. The lowest BCUT2D eigenvalue weighted by Gasteiger charge is -2.31. The van der Waals surface area contributed by atoms with Gasteiger partial charge in [0.2, 0.25) is 11.8 Å². The molecule has 1 unspecified atom stereocenters. The topological polar surface area (TPSA) is 140 Å². The van der Waals surface area contributed by atoms with Crippen molar-refractivity contribution in [3.8, 4) is 0 Å². The molecule has 2 saturated heterocycles. The predicted molar refractivity (Wildman–Crippen MR) is 124 cm³/mol. The van der Waals surface area contributed by atoms with Crippen LogP contribution in [0.15, 0.2) is 30.3 Å². The van der Waals surface area contributed by atoms with Crippen LogP contribution in [0.4, 0.5) is 4.79 Å². The Balaban J connectivity index is 1.73. The zero-order chi connectivity index (χ0) is 24.7. The molecule has 2 atom stereocenters. The van der Waals surface area contributed by atoms with Gasteiger partial charge in [0.05, 0.1) is 11.8 Å². The van der Waals surface area contributed by atoms with E-state index in [9.17, 15) is 24.4 Å². The highest BCUT2D eigenvalue weighted by molar-refractivity contribution is 6.08. The number of aryl methyl sites for hydroxylation is 1. The van der Waals surface area contributed by atoms with Crippen LogP contribution in [0.2, 0.25) is 0 Å². The Morgan fingerprint density at radius 1 is 1.09 bits per heavy atom. The smallest absolute Gasteiger partial charge is 0.321 e. The molecule has 10 nitrogen and oxygen atoms in total. The van der Waals surface area contributed by atoms with Crippen molar-refractivity contribution in [2.45, 2.75) is 57.9 Å². The highest BCUT2D eigenvalue weighted by Gasteiger charge is 2.52. The molecule has 5 N–H and O–H groups in total. The summed E-state index contributed by atoms with van der Waals surface area (Å²) in [4.78, 5) is 51.5. The molecule has 3 rings (SSSR count). The summed E-state index contributed by atoms with van der Waals surface area (Å²) in [5.74, 6) is -3.30. The SMILES string of the molecule is CC(C)CC(C(=O)NN1C(=O)NC2(CCNCC2)C1=O)[C@@H](CCCc1ccccc1)C(=O)NO. The van der Waals surface area contributed by atoms with Gasteiger partial charge in [0.15, 0.2) is 0 Å². The summed E-state index contributed by atoms with van der Waals surface area (Å²) in [5, 5.41) is 16.0. The number of hydrogen-bond donors (Lipinski definition) is 5. The van der Waals surface area contributed by atoms with Crippen molar-refractivity contribution in [3.05, 3.63) is 35.9 Å². The van der Waals surface area contributed by atoms with E-state index in [-0.39, 0.29) is 5.92 Å². The summed E-state index contributed by atoms with van der Waals surface area (Å²) in [6, 6.07) is 9.13. The van der Waals surface area contributed by atoms with E-state index < -0.39 is 41.1 Å².